The van der Waals surface area contributed by atoms with Gasteiger partial charge in [-0.1, -0.05) is 0 Å². The molecule has 0 saturated carbocycles. The Labute approximate surface area is 132 Å². The van der Waals surface area contributed by atoms with Crippen molar-refractivity contribution in [2.45, 2.75) is 20.4 Å². The molecule has 1 aliphatic heterocycles. The monoisotopic (exact) mass is 299 g/mol. The SMILES string of the molecule is Cc1nn(-c2ccc(N3CCN(C)CC3)cc2)c(C)c1CN. The van der Waals surface area contributed by atoms with E-state index < -0.39 is 0 Å². The van der Waals surface area contributed by atoms with Crippen molar-refractivity contribution in [3.05, 3.63) is 41.2 Å². The first-order valence-corrected chi connectivity index (χ1v) is 7.89. The van der Waals surface area contributed by atoms with Gasteiger partial charge in [0.25, 0.3) is 0 Å². The van der Waals surface area contributed by atoms with Crippen molar-refractivity contribution in [3.8, 4) is 5.69 Å². The van der Waals surface area contributed by atoms with Gasteiger partial charge in [0.05, 0.1) is 11.4 Å². The van der Waals surface area contributed by atoms with Crippen molar-refractivity contribution in [3.63, 3.8) is 0 Å². The molecule has 1 saturated heterocycles. The van der Waals surface area contributed by atoms with Gasteiger partial charge in [-0.05, 0) is 45.2 Å². The number of nitrogens with zero attached hydrogens (tertiary/aromatic N) is 4. The first kappa shape index (κ1) is 15.1. The molecule has 3 rings (SSSR count). The molecular formula is C17H25N5. The van der Waals surface area contributed by atoms with Crippen LogP contribution in [-0.2, 0) is 6.54 Å². The number of likely N-dealkylation sites (N-methyl/N-ethyl adjacent to an activating group) is 1. The van der Waals surface area contributed by atoms with Gasteiger partial charge < -0.3 is 15.5 Å². The Balaban J connectivity index is 1.82. The maximum Gasteiger partial charge on any atom is 0.0650 e. The van der Waals surface area contributed by atoms with E-state index in [2.05, 4.69) is 53.1 Å². The highest BCUT2D eigenvalue weighted by atomic mass is 15.3. The number of aryl methyl sites for hydroxylation is 1. The third kappa shape index (κ3) is 2.74. The van der Waals surface area contributed by atoms with Crippen LogP contribution in [0.1, 0.15) is 17.0 Å². The van der Waals surface area contributed by atoms with E-state index in [1.807, 2.05) is 11.6 Å². The second-order valence-corrected chi connectivity index (χ2v) is 6.07. The molecule has 1 aromatic carbocycles. The molecule has 2 heterocycles. The van der Waals surface area contributed by atoms with Crippen molar-refractivity contribution in [1.82, 2.24) is 14.7 Å². The van der Waals surface area contributed by atoms with Crippen molar-refractivity contribution >= 4 is 5.69 Å². The minimum absolute atomic E-state index is 0.539. The summed E-state index contributed by atoms with van der Waals surface area (Å²) in [6, 6.07) is 8.68. The summed E-state index contributed by atoms with van der Waals surface area (Å²) < 4.78 is 1.99. The number of nitrogens with two attached hydrogens (primary N) is 1. The highest BCUT2D eigenvalue weighted by Crippen LogP contribution is 2.21. The summed E-state index contributed by atoms with van der Waals surface area (Å²) in [5.41, 5.74) is 11.5. The molecular weight excluding hydrogens is 274 g/mol. The molecule has 0 unspecified atom stereocenters. The Hall–Kier alpha value is -1.85. The van der Waals surface area contributed by atoms with Gasteiger partial charge in [-0.3, -0.25) is 0 Å². The Kier molecular flexibility index (Phi) is 4.18. The largest absolute Gasteiger partial charge is 0.369 e. The Bertz CT molecular complexity index is 636. The van der Waals surface area contributed by atoms with E-state index >= 15 is 0 Å². The average Bonchev–Trinajstić information content (AvgIpc) is 2.82. The molecule has 0 radical (unpaired) electrons. The van der Waals surface area contributed by atoms with Crippen molar-refractivity contribution in [2.75, 3.05) is 38.1 Å². The minimum Gasteiger partial charge on any atom is -0.369 e. The number of aromatic nitrogens is 2. The van der Waals surface area contributed by atoms with Gasteiger partial charge in [0, 0.05) is 49.7 Å². The van der Waals surface area contributed by atoms with Crippen LogP contribution in [0.2, 0.25) is 0 Å². The van der Waals surface area contributed by atoms with Crippen LogP contribution in [0, 0.1) is 13.8 Å². The van der Waals surface area contributed by atoms with Gasteiger partial charge in [-0.25, -0.2) is 4.68 Å². The first-order valence-electron chi connectivity index (χ1n) is 7.89. The highest BCUT2D eigenvalue weighted by molar-refractivity contribution is 5.52. The van der Waals surface area contributed by atoms with E-state index in [1.54, 1.807) is 0 Å². The van der Waals surface area contributed by atoms with E-state index in [9.17, 15) is 0 Å². The van der Waals surface area contributed by atoms with Crippen molar-refractivity contribution in [1.29, 1.82) is 0 Å². The molecule has 5 nitrogen and oxygen atoms in total. The van der Waals surface area contributed by atoms with Crippen LogP contribution in [0.3, 0.4) is 0 Å². The molecule has 2 aromatic rings. The molecule has 22 heavy (non-hydrogen) atoms. The molecule has 118 valence electrons. The number of benzene rings is 1. The van der Waals surface area contributed by atoms with Crippen LogP contribution in [0.25, 0.3) is 5.69 Å². The van der Waals surface area contributed by atoms with Crippen molar-refractivity contribution < 1.29 is 0 Å². The van der Waals surface area contributed by atoms with E-state index in [4.69, 9.17) is 5.73 Å². The standard InChI is InChI=1S/C17H25N5/c1-13-17(12-18)14(2)22(19-13)16-6-4-15(5-7-16)21-10-8-20(3)9-11-21/h4-7H,8-12,18H2,1-3H3. The summed E-state index contributed by atoms with van der Waals surface area (Å²) in [4.78, 5) is 4.81. The second-order valence-electron chi connectivity index (χ2n) is 6.07. The van der Waals surface area contributed by atoms with Gasteiger partial charge in [-0.15, -0.1) is 0 Å². The lowest BCUT2D eigenvalue weighted by Gasteiger charge is -2.34. The fourth-order valence-electron chi connectivity index (χ4n) is 3.09. The summed E-state index contributed by atoms with van der Waals surface area (Å²) >= 11 is 0. The number of hydrogen-bond donors (Lipinski definition) is 1. The number of piperazine rings is 1. The van der Waals surface area contributed by atoms with Crippen molar-refractivity contribution in [2.24, 2.45) is 5.73 Å². The summed E-state index contributed by atoms with van der Waals surface area (Å²) in [5, 5.41) is 4.62. The summed E-state index contributed by atoms with van der Waals surface area (Å²) in [5.74, 6) is 0. The Morgan fingerprint density at radius 2 is 1.59 bits per heavy atom. The van der Waals surface area contributed by atoms with Crippen LogP contribution in [0.5, 0.6) is 0 Å². The highest BCUT2D eigenvalue weighted by Gasteiger charge is 2.15. The molecule has 1 aliphatic rings. The normalized spacial score (nSPS) is 16.3. The van der Waals surface area contributed by atoms with E-state index in [1.165, 1.54) is 5.69 Å². The fraction of sp³-hybridized carbons (Fsp3) is 0.471. The topological polar surface area (TPSA) is 50.3 Å². The smallest absolute Gasteiger partial charge is 0.0650 e. The Morgan fingerprint density at radius 1 is 1.00 bits per heavy atom. The van der Waals surface area contributed by atoms with E-state index in [0.29, 0.717) is 6.54 Å². The summed E-state index contributed by atoms with van der Waals surface area (Å²) in [6.07, 6.45) is 0. The van der Waals surface area contributed by atoms with Crippen LogP contribution in [-0.4, -0.2) is 47.9 Å². The van der Waals surface area contributed by atoms with Gasteiger partial charge in [0.15, 0.2) is 0 Å². The fourth-order valence-corrected chi connectivity index (χ4v) is 3.09. The summed E-state index contributed by atoms with van der Waals surface area (Å²) in [6.45, 7) is 9.07. The molecule has 0 amide bonds. The number of hydrogen-bond acceptors (Lipinski definition) is 4. The molecule has 0 bridgehead atoms. The number of rotatable bonds is 3. The zero-order chi connectivity index (χ0) is 15.7. The van der Waals surface area contributed by atoms with Gasteiger partial charge in [0.1, 0.15) is 0 Å². The van der Waals surface area contributed by atoms with E-state index in [-0.39, 0.29) is 0 Å². The maximum atomic E-state index is 5.81. The Morgan fingerprint density at radius 3 is 2.14 bits per heavy atom. The molecule has 0 spiro atoms. The zero-order valence-corrected chi connectivity index (χ0v) is 13.7. The lowest BCUT2D eigenvalue weighted by molar-refractivity contribution is 0.313. The maximum absolute atomic E-state index is 5.81. The lowest BCUT2D eigenvalue weighted by atomic mass is 10.2. The van der Waals surface area contributed by atoms with Crippen LogP contribution < -0.4 is 10.6 Å². The third-order valence-electron chi connectivity index (χ3n) is 4.61. The predicted molar refractivity (Wildman–Crippen MR) is 90.6 cm³/mol. The number of anilines is 1. The minimum atomic E-state index is 0.539. The molecule has 2 N–H and O–H groups in total. The molecule has 0 atom stereocenters. The molecule has 5 heteroatoms. The predicted octanol–water partition coefficient (Wildman–Crippen LogP) is 1.70. The van der Waals surface area contributed by atoms with Gasteiger partial charge in [0.2, 0.25) is 0 Å². The molecule has 1 fully saturated rings. The van der Waals surface area contributed by atoms with Gasteiger partial charge >= 0.3 is 0 Å². The van der Waals surface area contributed by atoms with E-state index in [0.717, 1.165) is 48.8 Å². The van der Waals surface area contributed by atoms with Gasteiger partial charge in [-0.2, -0.15) is 5.10 Å². The summed E-state index contributed by atoms with van der Waals surface area (Å²) in [7, 11) is 2.18. The second kappa shape index (κ2) is 6.10. The molecule has 1 aromatic heterocycles. The first-order chi connectivity index (χ1) is 10.6. The zero-order valence-electron chi connectivity index (χ0n) is 13.7. The lowest BCUT2D eigenvalue weighted by Crippen LogP contribution is -2.44. The average molecular weight is 299 g/mol. The molecule has 0 aliphatic carbocycles. The third-order valence-corrected chi connectivity index (χ3v) is 4.61. The quantitative estimate of drug-likeness (QED) is 0.937. The van der Waals surface area contributed by atoms with Crippen LogP contribution in [0.15, 0.2) is 24.3 Å². The van der Waals surface area contributed by atoms with Crippen LogP contribution in [0.4, 0.5) is 5.69 Å². The van der Waals surface area contributed by atoms with Crippen LogP contribution >= 0.6 is 0 Å².